The maximum absolute atomic E-state index is 13.1. The second-order valence-corrected chi connectivity index (χ2v) is 8.16. The normalized spacial score (nSPS) is 15.2. The summed E-state index contributed by atoms with van der Waals surface area (Å²) in [6, 6.07) is 5.20. The highest BCUT2D eigenvalue weighted by molar-refractivity contribution is 6.42. The fraction of sp³-hybridized carbons (Fsp3) is 0.368. The third-order valence-corrected chi connectivity index (χ3v) is 5.64. The van der Waals surface area contributed by atoms with E-state index >= 15 is 0 Å². The molecular weight excluding hydrogens is 456 g/mol. The molecule has 0 aliphatic heterocycles. The van der Waals surface area contributed by atoms with Crippen molar-refractivity contribution in [2.45, 2.75) is 44.4 Å². The number of aromatic nitrogens is 5. The minimum atomic E-state index is -4.57. The topological polar surface area (TPSA) is 77.6 Å². The molecule has 1 atom stereocenters. The molecular formula is C19H17Cl2F3N6O. The molecule has 2 heterocycles. The molecule has 1 aliphatic rings. The van der Waals surface area contributed by atoms with Crippen molar-refractivity contribution in [2.75, 3.05) is 5.32 Å². The molecule has 1 fully saturated rings. The van der Waals surface area contributed by atoms with Gasteiger partial charge in [0.1, 0.15) is 12.4 Å². The first-order chi connectivity index (χ1) is 14.6. The summed E-state index contributed by atoms with van der Waals surface area (Å²) in [4.78, 5) is 16.7. The summed E-state index contributed by atoms with van der Waals surface area (Å²) in [6.07, 6.45) is -1.60. The molecule has 1 N–H and O–H groups in total. The monoisotopic (exact) mass is 472 g/mol. The van der Waals surface area contributed by atoms with Crippen molar-refractivity contribution < 1.29 is 18.0 Å². The lowest BCUT2D eigenvalue weighted by molar-refractivity contribution is -0.141. The Balaban J connectivity index is 1.46. The van der Waals surface area contributed by atoms with Crippen LogP contribution in [-0.4, -0.2) is 30.5 Å². The Morgan fingerprint density at radius 1 is 1.23 bits per heavy atom. The molecule has 4 rings (SSSR count). The van der Waals surface area contributed by atoms with Gasteiger partial charge in [0.25, 0.3) is 5.91 Å². The minimum Gasteiger partial charge on any atom is -0.291 e. The van der Waals surface area contributed by atoms with Gasteiger partial charge in [0, 0.05) is 11.6 Å². The van der Waals surface area contributed by atoms with Crippen LogP contribution in [0.2, 0.25) is 10.0 Å². The van der Waals surface area contributed by atoms with E-state index in [4.69, 9.17) is 23.2 Å². The summed E-state index contributed by atoms with van der Waals surface area (Å²) in [5.74, 6) is -0.540. The van der Waals surface area contributed by atoms with E-state index in [9.17, 15) is 18.0 Å². The molecule has 1 saturated carbocycles. The zero-order chi connectivity index (χ0) is 22.3. The largest absolute Gasteiger partial charge is 0.435 e. The van der Waals surface area contributed by atoms with Gasteiger partial charge in [-0.3, -0.25) is 14.8 Å². The fourth-order valence-corrected chi connectivity index (χ4v) is 3.44. The van der Waals surface area contributed by atoms with E-state index in [1.807, 2.05) is 0 Å². The van der Waals surface area contributed by atoms with Crippen LogP contribution in [0.15, 0.2) is 30.6 Å². The number of rotatable bonds is 6. The predicted octanol–water partition coefficient (Wildman–Crippen LogP) is 4.93. The third kappa shape index (κ3) is 4.85. The van der Waals surface area contributed by atoms with E-state index in [0.29, 0.717) is 22.3 Å². The molecule has 31 heavy (non-hydrogen) atoms. The number of amides is 1. The predicted molar refractivity (Wildman–Crippen MR) is 108 cm³/mol. The second kappa shape index (κ2) is 8.16. The van der Waals surface area contributed by atoms with Gasteiger partial charge in [0.05, 0.1) is 16.6 Å². The van der Waals surface area contributed by atoms with Crippen molar-refractivity contribution in [3.05, 3.63) is 57.6 Å². The molecule has 0 spiro atoms. The van der Waals surface area contributed by atoms with Crippen molar-refractivity contribution in [3.63, 3.8) is 0 Å². The van der Waals surface area contributed by atoms with E-state index < -0.39 is 23.8 Å². The van der Waals surface area contributed by atoms with Crippen molar-refractivity contribution in [2.24, 2.45) is 0 Å². The Morgan fingerprint density at radius 2 is 1.97 bits per heavy atom. The number of benzene rings is 1. The van der Waals surface area contributed by atoms with Gasteiger partial charge in [0.15, 0.2) is 5.69 Å². The quantitative estimate of drug-likeness (QED) is 0.551. The summed E-state index contributed by atoms with van der Waals surface area (Å²) in [6.45, 7) is 1.83. The van der Waals surface area contributed by atoms with Crippen LogP contribution in [0.4, 0.5) is 19.1 Å². The standard InChI is InChI=1S/C19H17Cl2F3N6O/c1-10(30-15(12-3-4-12)7-16(27-30)19(22,23)24)17(31)26-18-25-9-29(28-18)8-11-2-5-13(20)14(21)6-11/h2,5-7,9-10,12H,3-4,8H2,1H3,(H,26,28,31). The van der Waals surface area contributed by atoms with Crippen LogP contribution in [0.3, 0.4) is 0 Å². The molecule has 1 amide bonds. The lowest BCUT2D eigenvalue weighted by Gasteiger charge is -2.14. The number of hydrogen-bond acceptors (Lipinski definition) is 4. The van der Waals surface area contributed by atoms with Crippen LogP contribution < -0.4 is 5.32 Å². The number of carbonyl (C=O) groups excluding carboxylic acids is 1. The van der Waals surface area contributed by atoms with Gasteiger partial charge in [0.2, 0.25) is 5.95 Å². The maximum Gasteiger partial charge on any atom is 0.435 e. The van der Waals surface area contributed by atoms with Gasteiger partial charge < -0.3 is 0 Å². The molecule has 3 aromatic rings. The summed E-state index contributed by atoms with van der Waals surface area (Å²) in [5.41, 5.74) is 0.238. The second-order valence-electron chi connectivity index (χ2n) is 7.35. The fourth-order valence-electron chi connectivity index (χ4n) is 3.12. The van der Waals surface area contributed by atoms with Crippen LogP contribution in [0.1, 0.15) is 48.7 Å². The smallest absolute Gasteiger partial charge is 0.291 e. The molecule has 1 unspecified atom stereocenters. The molecule has 0 saturated heterocycles. The Morgan fingerprint density at radius 3 is 2.61 bits per heavy atom. The summed E-state index contributed by atoms with van der Waals surface area (Å²) < 4.78 is 41.9. The van der Waals surface area contributed by atoms with Crippen LogP contribution >= 0.6 is 23.2 Å². The highest BCUT2D eigenvalue weighted by atomic mass is 35.5. The lowest BCUT2D eigenvalue weighted by atomic mass is 10.2. The van der Waals surface area contributed by atoms with E-state index in [1.54, 1.807) is 18.2 Å². The molecule has 1 aliphatic carbocycles. The van der Waals surface area contributed by atoms with Crippen LogP contribution in [0.5, 0.6) is 0 Å². The first-order valence-electron chi connectivity index (χ1n) is 9.42. The third-order valence-electron chi connectivity index (χ3n) is 4.90. The van der Waals surface area contributed by atoms with Gasteiger partial charge in [-0.25, -0.2) is 9.67 Å². The van der Waals surface area contributed by atoms with Gasteiger partial charge in [-0.2, -0.15) is 18.3 Å². The molecule has 2 aromatic heterocycles. The average molecular weight is 473 g/mol. The van der Waals surface area contributed by atoms with Crippen LogP contribution in [-0.2, 0) is 17.5 Å². The molecule has 0 bridgehead atoms. The minimum absolute atomic E-state index is 0.0117. The van der Waals surface area contributed by atoms with Crippen LogP contribution in [0, 0.1) is 0 Å². The van der Waals surface area contributed by atoms with E-state index in [0.717, 1.165) is 29.2 Å². The average Bonchev–Trinajstić information content (AvgIpc) is 3.28. The number of anilines is 1. The highest BCUT2D eigenvalue weighted by Crippen LogP contribution is 2.43. The highest BCUT2D eigenvalue weighted by Gasteiger charge is 2.39. The summed E-state index contributed by atoms with van der Waals surface area (Å²) in [5, 5.41) is 11.2. The number of nitrogens with zero attached hydrogens (tertiary/aromatic N) is 5. The van der Waals surface area contributed by atoms with Gasteiger partial charge in [-0.05, 0) is 43.5 Å². The summed E-state index contributed by atoms with van der Waals surface area (Å²) >= 11 is 11.9. The van der Waals surface area contributed by atoms with Crippen LogP contribution in [0.25, 0.3) is 0 Å². The molecule has 12 heteroatoms. The zero-order valence-corrected chi connectivity index (χ0v) is 17.7. The van der Waals surface area contributed by atoms with E-state index in [1.165, 1.54) is 17.9 Å². The van der Waals surface area contributed by atoms with E-state index in [2.05, 4.69) is 20.5 Å². The van der Waals surface area contributed by atoms with Gasteiger partial charge in [-0.15, -0.1) is 5.10 Å². The number of carbonyl (C=O) groups is 1. The molecule has 7 nitrogen and oxygen atoms in total. The SMILES string of the molecule is CC(C(=O)Nc1ncn(Cc2ccc(Cl)c(Cl)c2)n1)n1nc(C(F)(F)F)cc1C1CC1. The van der Waals surface area contributed by atoms with Crippen molar-refractivity contribution in [1.29, 1.82) is 0 Å². The van der Waals surface area contributed by atoms with Gasteiger partial charge >= 0.3 is 6.18 Å². The lowest BCUT2D eigenvalue weighted by Crippen LogP contribution is -2.26. The Kier molecular flexibility index (Phi) is 5.69. The number of hydrogen-bond donors (Lipinski definition) is 1. The Hall–Kier alpha value is -2.59. The maximum atomic E-state index is 13.1. The molecule has 0 radical (unpaired) electrons. The van der Waals surface area contributed by atoms with Crippen molar-refractivity contribution in [3.8, 4) is 0 Å². The number of nitrogens with one attached hydrogen (secondary N) is 1. The first kappa shape index (κ1) is 21.6. The molecule has 1 aromatic carbocycles. The number of alkyl halides is 3. The van der Waals surface area contributed by atoms with E-state index in [-0.39, 0.29) is 11.9 Å². The van der Waals surface area contributed by atoms with Gasteiger partial charge in [-0.1, -0.05) is 29.3 Å². The molecule has 164 valence electrons. The van der Waals surface area contributed by atoms with Crippen molar-refractivity contribution >= 4 is 35.1 Å². The van der Waals surface area contributed by atoms with Crippen molar-refractivity contribution in [1.82, 2.24) is 24.5 Å². The Labute approximate surface area is 185 Å². The number of halogens is 5. The Bertz CT molecular complexity index is 1120. The first-order valence-corrected chi connectivity index (χ1v) is 10.2. The summed E-state index contributed by atoms with van der Waals surface area (Å²) in [7, 11) is 0. The zero-order valence-electron chi connectivity index (χ0n) is 16.2.